The van der Waals surface area contributed by atoms with Crippen molar-refractivity contribution in [1.82, 2.24) is 0 Å². The lowest BCUT2D eigenvalue weighted by atomic mass is 9.62. The van der Waals surface area contributed by atoms with Crippen LogP contribution in [-0.2, 0) is 15.0 Å². The monoisotopic (exact) mass is 282 g/mol. The smallest absolute Gasteiger partial charge is 0.315 e. The molecule has 16 heavy (non-hydrogen) atoms. The zero-order valence-corrected chi connectivity index (χ0v) is 10.4. The fourth-order valence-electron chi connectivity index (χ4n) is 2.19. The molecule has 0 atom stereocenters. The molecule has 1 aliphatic rings. The zero-order chi connectivity index (χ0) is 11.9. The molecule has 0 aliphatic heterocycles. The fourth-order valence-corrected chi connectivity index (χ4v) is 2.55. The van der Waals surface area contributed by atoms with E-state index in [0.29, 0.717) is 0 Å². The zero-order valence-electron chi connectivity index (χ0n) is 8.79. The third-order valence-electron chi connectivity index (χ3n) is 3.12. The Hall–Kier alpha value is -1.16. The highest BCUT2D eigenvalue weighted by molar-refractivity contribution is 9.10. The molecule has 1 aromatic carbocycles. The first-order valence-corrected chi connectivity index (χ1v) is 5.77. The highest BCUT2D eigenvalue weighted by Crippen LogP contribution is 2.43. The van der Waals surface area contributed by atoms with Crippen LogP contribution in [0.1, 0.15) is 24.0 Å². The topological polar surface area (TPSA) is 54.4 Å². The number of carbonyl (C=O) groups is 2. The molecule has 1 fully saturated rings. The summed E-state index contributed by atoms with van der Waals surface area (Å²) in [6.45, 7) is 1.87. The molecule has 1 aromatic rings. The van der Waals surface area contributed by atoms with Gasteiger partial charge >= 0.3 is 5.97 Å². The molecule has 2 rings (SSSR count). The van der Waals surface area contributed by atoms with Crippen LogP contribution in [0.3, 0.4) is 0 Å². The summed E-state index contributed by atoms with van der Waals surface area (Å²) in [5, 5.41) is 9.30. The summed E-state index contributed by atoms with van der Waals surface area (Å²) in [6, 6.07) is 5.54. The van der Waals surface area contributed by atoms with Gasteiger partial charge in [-0.1, -0.05) is 22.0 Å². The van der Waals surface area contributed by atoms with Gasteiger partial charge in [0, 0.05) is 17.3 Å². The van der Waals surface area contributed by atoms with Crippen molar-refractivity contribution in [2.75, 3.05) is 0 Å². The Morgan fingerprint density at radius 3 is 2.56 bits per heavy atom. The van der Waals surface area contributed by atoms with Crippen LogP contribution in [-0.4, -0.2) is 16.9 Å². The summed E-state index contributed by atoms with van der Waals surface area (Å²) in [5.41, 5.74) is 0.664. The van der Waals surface area contributed by atoms with E-state index in [1.165, 1.54) is 0 Å². The molecule has 0 unspecified atom stereocenters. The maximum absolute atomic E-state index is 11.3. The third-order valence-corrected chi connectivity index (χ3v) is 3.62. The number of aryl methyl sites for hydroxylation is 1. The molecule has 3 nitrogen and oxygen atoms in total. The largest absolute Gasteiger partial charge is 0.481 e. The quantitative estimate of drug-likeness (QED) is 0.907. The lowest BCUT2D eigenvalue weighted by Crippen LogP contribution is -2.48. The van der Waals surface area contributed by atoms with Gasteiger partial charge < -0.3 is 5.11 Å². The number of aliphatic carboxylic acids is 1. The normalized spacial score (nSPS) is 18.0. The Labute approximate surface area is 102 Å². The number of hydrogen-bond donors (Lipinski definition) is 1. The van der Waals surface area contributed by atoms with Crippen molar-refractivity contribution < 1.29 is 14.7 Å². The van der Waals surface area contributed by atoms with Gasteiger partial charge in [-0.15, -0.1) is 0 Å². The minimum absolute atomic E-state index is 0.0155. The average Bonchev–Trinajstić information content (AvgIpc) is 2.16. The Balaban J connectivity index is 2.52. The molecule has 0 amide bonds. The molecule has 84 valence electrons. The summed E-state index contributed by atoms with van der Waals surface area (Å²) >= 11 is 3.33. The van der Waals surface area contributed by atoms with E-state index < -0.39 is 11.4 Å². The highest BCUT2D eigenvalue weighted by atomic mass is 79.9. The van der Waals surface area contributed by atoms with E-state index >= 15 is 0 Å². The van der Waals surface area contributed by atoms with Crippen LogP contribution >= 0.6 is 15.9 Å². The van der Waals surface area contributed by atoms with E-state index in [-0.39, 0.29) is 18.6 Å². The first-order chi connectivity index (χ1) is 7.45. The van der Waals surface area contributed by atoms with Crippen LogP contribution in [0, 0.1) is 6.92 Å². The second kappa shape index (κ2) is 3.70. The summed E-state index contributed by atoms with van der Waals surface area (Å²) in [7, 11) is 0. The number of carboxylic acid groups (broad SMARTS) is 1. The minimum Gasteiger partial charge on any atom is -0.481 e. The summed E-state index contributed by atoms with van der Waals surface area (Å²) in [5.74, 6) is -0.893. The molecule has 1 N–H and O–H groups in total. The van der Waals surface area contributed by atoms with Crippen LogP contribution in [0.25, 0.3) is 0 Å². The molecule has 1 aliphatic carbocycles. The number of carboxylic acids is 1. The van der Waals surface area contributed by atoms with Crippen LogP contribution in [0.15, 0.2) is 22.7 Å². The highest BCUT2D eigenvalue weighted by Gasteiger charge is 2.52. The van der Waals surface area contributed by atoms with Crippen LogP contribution in [0.2, 0.25) is 0 Å². The molecule has 0 aromatic heterocycles. The SMILES string of the molecule is Cc1ccc(Br)cc1C1(C(=O)O)CC(=O)C1. The molecular formula is C12H11BrO3. The number of benzene rings is 1. The molecule has 0 spiro atoms. The number of Topliss-reactive ketones (excluding diaryl/α,β-unsaturated/α-hetero) is 1. The maximum Gasteiger partial charge on any atom is 0.315 e. The summed E-state index contributed by atoms with van der Waals surface area (Å²) < 4.78 is 0.841. The van der Waals surface area contributed by atoms with Crippen LogP contribution in [0.4, 0.5) is 0 Å². The van der Waals surface area contributed by atoms with Gasteiger partial charge in [0.2, 0.25) is 0 Å². The molecule has 4 heteroatoms. The molecule has 0 heterocycles. The fraction of sp³-hybridized carbons (Fsp3) is 0.333. The van der Waals surface area contributed by atoms with Crippen molar-refractivity contribution in [3.05, 3.63) is 33.8 Å². The Kier molecular flexibility index (Phi) is 2.62. The Bertz CT molecular complexity index is 471. The first kappa shape index (κ1) is 11.3. The number of hydrogen-bond acceptors (Lipinski definition) is 2. The van der Waals surface area contributed by atoms with Crippen molar-refractivity contribution >= 4 is 27.7 Å². The molecule has 0 bridgehead atoms. The van der Waals surface area contributed by atoms with Crippen molar-refractivity contribution in [3.63, 3.8) is 0 Å². The molecular weight excluding hydrogens is 272 g/mol. The van der Waals surface area contributed by atoms with Gasteiger partial charge in [0.15, 0.2) is 0 Å². The van der Waals surface area contributed by atoms with Gasteiger partial charge in [0.25, 0.3) is 0 Å². The van der Waals surface area contributed by atoms with Crippen molar-refractivity contribution in [2.24, 2.45) is 0 Å². The minimum atomic E-state index is -0.995. The number of halogens is 1. The van der Waals surface area contributed by atoms with Gasteiger partial charge in [-0.2, -0.15) is 0 Å². The number of rotatable bonds is 2. The van der Waals surface area contributed by atoms with Crippen molar-refractivity contribution in [1.29, 1.82) is 0 Å². The second-order valence-electron chi connectivity index (χ2n) is 4.24. The summed E-state index contributed by atoms with van der Waals surface area (Å²) in [6.07, 6.45) is 0.221. The average molecular weight is 283 g/mol. The Morgan fingerprint density at radius 2 is 2.06 bits per heavy atom. The van der Waals surface area contributed by atoms with E-state index in [4.69, 9.17) is 0 Å². The Morgan fingerprint density at radius 1 is 1.44 bits per heavy atom. The standard InChI is InChI=1S/C12H11BrO3/c1-7-2-3-8(13)4-10(7)12(11(15)16)5-9(14)6-12/h2-4H,5-6H2,1H3,(H,15,16). The van der Waals surface area contributed by atoms with E-state index in [9.17, 15) is 14.7 Å². The van der Waals surface area contributed by atoms with Gasteiger partial charge in [-0.3, -0.25) is 9.59 Å². The van der Waals surface area contributed by atoms with E-state index in [1.54, 1.807) is 6.07 Å². The van der Waals surface area contributed by atoms with Crippen LogP contribution in [0.5, 0.6) is 0 Å². The van der Waals surface area contributed by atoms with Gasteiger partial charge in [0.05, 0.1) is 0 Å². The van der Waals surface area contributed by atoms with Gasteiger partial charge in [0.1, 0.15) is 11.2 Å². The first-order valence-electron chi connectivity index (χ1n) is 4.97. The van der Waals surface area contributed by atoms with E-state index in [2.05, 4.69) is 15.9 Å². The predicted octanol–water partition coefficient (Wildman–Crippen LogP) is 2.44. The molecule has 0 radical (unpaired) electrons. The van der Waals surface area contributed by atoms with Crippen molar-refractivity contribution in [2.45, 2.75) is 25.2 Å². The van der Waals surface area contributed by atoms with Crippen molar-refractivity contribution in [3.8, 4) is 0 Å². The third kappa shape index (κ3) is 1.57. The van der Waals surface area contributed by atoms with Crippen LogP contribution < -0.4 is 0 Å². The lowest BCUT2D eigenvalue weighted by Gasteiger charge is -2.37. The van der Waals surface area contributed by atoms with E-state index in [0.717, 1.165) is 15.6 Å². The maximum atomic E-state index is 11.3. The second-order valence-corrected chi connectivity index (χ2v) is 5.15. The van der Waals surface area contributed by atoms with Gasteiger partial charge in [-0.05, 0) is 30.2 Å². The summed E-state index contributed by atoms with van der Waals surface area (Å²) in [4.78, 5) is 22.5. The number of carbonyl (C=O) groups excluding carboxylic acids is 1. The number of ketones is 1. The lowest BCUT2D eigenvalue weighted by molar-refractivity contribution is -0.153. The van der Waals surface area contributed by atoms with E-state index in [1.807, 2.05) is 19.1 Å². The molecule has 1 saturated carbocycles. The molecule has 0 saturated heterocycles. The van der Waals surface area contributed by atoms with Gasteiger partial charge in [-0.25, -0.2) is 0 Å². The predicted molar refractivity (Wildman–Crippen MR) is 62.4 cm³/mol.